The van der Waals surface area contributed by atoms with Gasteiger partial charge in [0, 0.05) is 41.1 Å². The zero-order valence-corrected chi connectivity index (χ0v) is 26.0. The van der Waals surface area contributed by atoms with E-state index in [1.165, 1.54) is 19.6 Å². The van der Waals surface area contributed by atoms with Gasteiger partial charge in [-0.2, -0.15) is 0 Å². The number of alkyl halides is 1. The van der Waals surface area contributed by atoms with E-state index < -0.39 is 92.7 Å². The topological polar surface area (TPSA) is 160 Å². The van der Waals surface area contributed by atoms with E-state index in [9.17, 15) is 24.6 Å². The Balaban J connectivity index is 1.40. The van der Waals surface area contributed by atoms with E-state index >= 15 is 0 Å². The molecular weight excluding hydrogens is 600 g/mol. The molecule has 0 amide bonds. The van der Waals surface area contributed by atoms with Crippen molar-refractivity contribution in [2.75, 3.05) is 13.0 Å². The monoisotopic (exact) mass is 636 g/mol. The van der Waals surface area contributed by atoms with Crippen molar-refractivity contribution in [2.24, 2.45) is 28.1 Å². The lowest BCUT2D eigenvalue weighted by molar-refractivity contribution is -0.479. The van der Waals surface area contributed by atoms with Gasteiger partial charge in [-0.25, -0.2) is 0 Å². The molecule has 4 aliphatic carbocycles. The molecular formula is C31H37ClO12. The molecule has 13 heteroatoms. The first-order chi connectivity index (χ1) is 20.6. The number of ether oxygens (including phenoxy) is 6. The highest BCUT2D eigenvalue weighted by Gasteiger charge is 3.03. The minimum atomic E-state index is -2.13. The van der Waals surface area contributed by atoms with Crippen LogP contribution < -0.4 is 0 Å². The Kier molecular flexibility index (Phi) is 5.43. The van der Waals surface area contributed by atoms with Gasteiger partial charge in [0.1, 0.15) is 28.8 Å². The first-order valence-corrected chi connectivity index (χ1v) is 15.7. The Morgan fingerprint density at radius 2 is 1.84 bits per heavy atom. The maximum absolute atomic E-state index is 13.7. The van der Waals surface area contributed by atoms with E-state index in [0.29, 0.717) is 18.4 Å². The molecule has 4 heterocycles. The molecule has 4 saturated carbocycles. The Hall–Kier alpha value is -2.22. The van der Waals surface area contributed by atoms with Crippen molar-refractivity contribution in [3.8, 4) is 0 Å². The number of esters is 3. The molecule has 8 rings (SSSR count). The van der Waals surface area contributed by atoms with Gasteiger partial charge in [-0.05, 0) is 31.2 Å². The minimum absolute atomic E-state index is 0.0585. The summed E-state index contributed by atoms with van der Waals surface area (Å²) in [6.07, 6.45) is -0.160. The summed E-state index contributed by atoms with van der Waals surface area (Å²) in [5.41, 5.74) is -9.05. The Labute approximate surface area is 258 Å². The fraction of sp³-hybridized carbons (Fsp3) is 0.774. The highest BCUT2D eigenvalue weighted by Crippen LogP contribution is 2.89. The molecule has 13 atom stereocenters. The number of hydrogen-bond acceptors (Lipinski definition) is 12. The lowest BCUT2D eigenvalue weighted by Gasteiger charge is -2.77. The van der Waals surface area contributed by atoms with Crippen LogP contribution in [0.3, 0.4) is 0 Å². The second-order valence-corrected chi connectivity index (χ2v) is 15.0. The van der Waals surface area contributed by atoms with Gasteiger partial charge in [0.2, 0.25) is 0 Å². The van der Waals surface area contributed by atoms with E-state index in [0.717, 1.165) is 0 Å². The van der Waals surface area contributed by atoms with Gasteiger partial charge in [-0.1, -0.05) is 20.8 Å². The standard InChI is InChI=1S/C31H37ClO12/c1-24(21(40-20(35)12-32)15-6-9-39-13-15)7-8-28-26(3)16(10-18(33)38-5)25(2)14-29(26)30(37,22(25)36)23-31(28,17(24)11-19(34)41-23)44-27(4,42-28)43-29/h6,9,13,16-17,21-23,36-37H,7-8,10-12,14H2,1-5H3. The van der Waals surface area contributed by atoms with Crippen LogP contribution in [0.25, 0.3) is 0 Å². The summed E-state index contributed by atoms with van der Waals surface area (Å²) in [6, 6.07) is 1.69. The lowest BCUT2D eigenvalue weighted by Crippen LogP contribution is -2.94. The van der Waals surface area contributed by atoms with Gasteiger partial charge in [0.15, 0.2) is 11.7 Å². The number of methoxy groups -OCH3 is 1. The third kappa shape index (κ3) is 2.67. The molecule has 1 aromatic rings. The van der Waals surface area contributed by atoms with Crippen molar-refractivity contribution in [1.82, 2.24) is 0 Å². The smallest absolute Gasteiger partial charge is 0.321 e. The van der Waals surface area contributed by atoms with Crippen molar-refractivity contribution < 1.29 is 57.4 Å². The second-order valence-electron chi connectivity index (χ2n) is 14.8. The Morgan fingerprint density at radius 3 is 2.50 bits per heavy atom. The minimum Gasteiger partial charge on any atom is -0.472 e. The van der Waals surface area contributed by atoms with Gasteiger partial charge >= 0.3 is 17.9 Å². The molecule has 240 valence electrons. The van der Waals surface area contributed by atoms with Gasteiger partial charge in [-0.3, -0.25) is 14.4 Å². The van der Waals surface area contributed by atoms with Crippen LogP contribution in [0, 0.1) is 28.1 Å². The van der Waals surface area contributed by atoms with E-state index in [-0.39, 0.29) is 25.1 Å². The summed E-state index contributed by atoms with van der Waals surface area (Å²) < 4.78 is 43.4. The Bertz CT molecular complexity index is 1480. The van der Waals surface area contributed by atoms with Gasteiger partial charge in [0.25, 0.3) is 5.97 Å². The number of furan rings is 1. The van der Waals surface area contributed by atoms with Gasteiger partial charge < -0.3 is 43.1 Å². The van der Waals surface area contributed by atoms with Gasteiger partial charge in [-0.15, -0.1) is 11.6 Å². The molecule has 3 aliphatic heterocycles. The first-order valence-electron chi connectivity index (χ1n) is 15.1. The Morgan fingerprint density at radius 1 is 1.11 bits per heavy atom. The molecule has 2 N–H and O–H groups in total. The van der Waals surface area contributed by atoms with Crippen LogP contribution in [0.4, 0.5) is 0 Å². The number of aliphatic hydroxyl groups excluding tert-OH is 1. The summed E-state index contributed by atoms with van der Waals surface area (Å²) >= 11 is 5.90. The van der Waals surface area contributed by atoms with Crippen LogP contribution in [0.5, 0.6) is 0 Å². The molecule has 13 unspecified atom stereocenters. The van der Waals surface area contributed by atoms with Crippen molar-refractivity contribution in [3.05, 3.63) is 24.2 Å². The van der Waals surface area contributed by atoms with E-state index in [2.05, 4.69) is 0 Å². The maximum atomic E-state index is 13.7. The number of hydrogen-bond donors (Lipinski definition) is 2. The van der Waals surface area contributed by atoms with E-state index in [1.54, 1.807) is 13.0 Å². The molecule has 3 saturated heterocycles. The number of fused-ring (bicyclic) bond motifs is 3. The zero-order valence-electron chi connectivity index (χ0n) is 25.2. The summed E-state index contributed by atoms with van der Waals surface area (Å²) in [5, 5.41) is 25.3. The van der Waals surface area contributed by atoms with E-state index in [4.69, 9.17) is 44.4 Å². The molecule has 7 fully saturated rings. The predicted octanol–water partition coefficient (Wildman–Crippen LogP) is 2.52. The SMILES string of the molecule is COC(=O)CC1C2(C)CC34OC5(C)OC67C(CC(=O)OC6C3(O)C2O)C(C)(C(OC(=O)CCl)c2ccoc2)CCC7(O5)C14C. The number of aliphatic hydroxyl groups is 2. The zero-order chi connectivity index (χ0) is 31.5. The van der Waals surface area contributed by atoms with Crippen LogP contribution in [0.1, 0.15) is 71.5 Å². The quantitative estimate of drug-likeness (QED) is 0.267. The second kappa shape index (κ2) is 8.19. The van der Waals surface area contributed by atoms with Crippen LogP contribution in [0.2, 0.25) is 0 Å². The number of halogens is 1. The summed E-state index contributed by atoms with van der Waals surface area (Å²) in [6.45, 7) is 7.35. The largest absolute Gasteiger partial charge is 0.472 e. The predicted molar refractivity (Wildman–Crippen MR) is 145 cm³/mol. The molecule has 3 spiro atoms. The van der Waals surface area contributed by atoms with Crippen molar-refractivity contribution in [3.63, 3.8) is 0 Å². The van der Waals surface area contributed by atoms with Crippen LogP contribution in [-0.2, 0) is 42.8 Å². The summed E-state index contributed by atoms with van der Waals surface area (Å²) in [5.74, 6) is -5.14. The molecule has 44 heavy (non-hydrogen) atoms. The normalized spacial score (nSPS) is 54.5. The van der Waals surface area contributed by atoms with Gasteiger partial charge in [0.05, 0.1) is 32.2 Å². The molecule has 12 nitrogen and oxygen atoms in total. The highest BCUT2D eigenvalue weighted by molar-refractivity contribution is 6.26. The molecule has 7 aliphatic rings. The fourth-order valence-electron chi connectivity index (χ4n) is 12.0. The lowest BCUT2D eigenvalue weighted by atomic mass is 9.33. The molecule has 0 radical (unpaired) electrons. The van der Waals surface area contributed by atoms with Crippen LogP contribution >= 0.6 is 11.6 Å². The average Bonchev–Trinajstić information content (AvgIpc) is 3.66. The average molecular weight is 637 g/mol. The highest BCUT2D eigenvalue weighted by atomic mass is 35.5. The molecule has 4 bridgehead atoms. The number of carbonyl (C=O) groups excluding carboxylic acids is 3. The van der Waals surface area contributed by atoms with Crippen LogP contribution in [0.15, 0.2) is 23.0 Å². The summed E-state index contributed by atoms with van der Waals surface area (Å²) in [4.78, 5) is 39.4. The van der Waals surface area contributed by atoms with E-state index in [1.807, 2.05) is 20.8 Å². The number of carbonyl (C=O) groups is 3. The molecule has 1 aromatic heterocycles. The third-order valence-electron chi connectivity index (χ3n) is 13.3. The van der Waals surface area contributed by atoms with Crippen molar-refractivity contribution in [2.45, 2.75) is 106 Å². The summed E-state index contributed by atoms with van der Waals surface area (Å²) in [7, 11) is 1.31. The van der Waals surface area contributed by atoms with Crippen molar-refractivity contribution in [1.29, 1.82) is 0 Å². The first kappa shape index (κ1) is 29.2. The van der Waals surface area contributed by atoms with Crippen molar-refractivity contribution >= 4 is 29.5 Å². The maximum Gasteiger partial charge on any atom is 0.321 e. The fourth-order valence-corrected chi connectivity index (χ4v) is 12.1. The third-order valence-corrected chi connectivity index (χ3v) is 13.6. The molecule has 0 aromatic carbocycles. The number of rotatable bonds is 6. The van der Waals surface area contributed by atoms with Crippen LogP contribution in [-0.4, -0.2) is 81.7 Å².